The molecule has 166 valence electrons. The molecule has 0 spiro atoms. The van der Waals surface area contributed by atoms with Crippen molar-refractivity contribution >= 4 is 59.8 Å². The van der Waals surface area contributed by atoms with Crippen molar-refractivity contribution in [2.75, 3.05) is 32.2 Å². The summed E-state index contributed by atoms with van der Waals surface area (Å²) in [5.41, 5.74) is 1.10. The number of esters is 2. The van der Waals surface area contributed by atoms with E-state index in [-0.39, 0.29) is 13.2 Å². The molecular formula is C23H27NO5S2. The quantitative estimate of drug-likeness (QED) is 0.425. The molecule has 31 heavy (non-hydrogen) atoms. The Morgan fingerprint density at radius 3 is 2.65 bits per heavy atom. The van der Waals surface area contributed by atoms with Crippen molar-refractivity contribution in [3.63, 3.8) is 0 Å². The second-order valence-electron chi connectivity index (χ2n) is 7.67. The summed E-state index contributed by atoms with van der Waals surface area (Å²) < 4.78 is 18.6. The van der Waals surface area contributed by atoms with Crippen LogP contribution < -0.4 is 10.1 Å². The highest BCUT2D eigenvalue weighted by atomic mass is 32.1. The zero-order valence-corrected chi connectivity index (χ0v) is 19.5. The molecule has 0 amide bonds. The first-order valence-corrected chi connectivity index (χ1v) is 12.3. The van der Waals surface area contributed by atoms with Gasteiger partial charge in [0.15, 0.2) is 17.2 Å². The Morgan fingerprint density at radius 1 is 1.10 bits per heavy atom. The fraction of sp³-hybridized carbons (Fsp3) is 0.478. The van der Waals surface area contributed by atoms with E-state index in [1.165, 1.54) is 50.6 Å². The van der Waals surface area contributed by atoms with E-state index in [9.17, 15) is 9.59 Å². The van der Waals surface area contributed by atoms with Crippen LogP contribution in [0.15, 0.2) is 18.2 Å². The van der Waals surface area contributed by atoms with E-state index in [0.717, 1.165) is 37.6 Å². The van der Waals surface area contributed by atoms with Crippen molar-refractivity contribution in [1.29, 1.82) is 0 Å². The van der Waals surface area contributed by atoms with Crippen LogP contribution >= 0.6 is 22.7 Å². The molecule has 4 rings (SSSR count). The molecule has 0 saturated heterocycles. The van der Waals surface area contributed by atoms with Gasteiger partial charge in [0.05, 0.1) is 33.5 Å². The van der Waals surface area contributed by atoms with Crippen LogP contribution in [0.3, 0.4) is 0 Å². The molecule has 0 radical (unpaired) electrons. The fourth-order valence-electron chi connectivity index (χ4n) is 4.08. The van der Waals surface area contributed by atoms with Gasteiger partial charge in [0.2, 0.25) is 0 Å². The Labute approximate surface area is 189 Å². The predicted molar refractivity (Wildman–Crippen MR) is 126 cm³/mol. The average Bonchev–Trinajstić information content (AvgIpc) is 3.33. The minimum absolute atomic E-state index is 0.245. The molecule has 1 N–H and O–H groups in total. The lowest BCUT2D eigenvalue weighted by Crippen LogP contribution is -2.17. The maximum Gasteiger partial charge on any atom is 0.351 e. The SMILES string of the molecule is CCOC(=O)COc1c(C(=O)OC)sc2c1sc1c(NCC3CCCCC3)cccc12. The van der Waals surface area contributed by atoms with Gasteiger partial charge in [-0.25, -0.2) is 9.59 Å². The molecule has 6 nitrogen and oxygen atoms in total. The molecule has 1 fully saturated rings. The summed E-state index contributed by atoms with van der Waals surface area (Å²) in [5.74, 6) is 0.194. The van der Waals surface area contributed by atoms with Crippen LogP contribution in [-0.2, 0) is 14.3 Å². The Balaban J connectivity index is 1.67. The third-order valence-corrected chi connectivity index (χ3v) is 8.15. The standard InChI is InChI=1S/C23H27NO5S2/c1-3-28-17(25)13-29-18-21-20(31-22(18)23(26)27-2)15-10-7-11-16(19(15)30-21)24-12-14-8-5-4-6-9-14/h7,10-11,14,24H,3-6,8-9,12-13H2,1-2H3. The van der Waals surface area contributed by atoms with Crippen LogP contribution in [0.5, 0.6) is 5.75 Å². The van der Waals surface area contributed by atoms with Gasteiger partial charge in [-0.2, -0.15) is 0 Å². The molecule has 3 aromatic rings. The number of hydrogen-bond donors (Lipinski definition) is 1. The monoisotopic (exact) mass is 461 g/mol. The van der Waals surface area contributed by atoms with Crippen molar-refractivity contribution in [3.05, 3.63) is 23.1 Å². The van der Waals surface area contributed by atoms with Crippen LogP contribution in [-0.4, -0.2) is 38.8 Å². The van der Waals surface area contributed by atoms with Crippen molar-refractivity contribution in [3.8, 4) is 5.75 Å². The zero-order valence-electron chi connectivity index (χ0n) is 17.8. The number of carbonyl (C=O) groups is 2. The van der Waals surface area contributed by atoms with Crippen LogP contribution in [0.25, 0.3) is 19.5 Å². The number of methoxy groups -OCH3 is 1. The van der Waals surface area contributed by atoms with Gasteiger partial charge in [-0.05, 0) is 31.7 Å². The van der Waals surface area contributed by atoms with E-state index in [1.54, 1.807) is 18.3 Å². The Morgan fingerprint density at radius 2 is 1.90 bits per heavy atom. The van der Waals surface area contributed by atoms with Gasteiger partial charge in [0.1, 0.15) is 0 Å². The zero-order chi connectivity index (χ0) is 21.8. The van der Waals surface area contributed by atoms with E-state index < -0.39 is 11.9 Å². The van der Waals surface area contributed by atoms with E-state index in [1.807, 2.05) is 6.07 Å². The summed E-state index contributed by atoms with van der Waals surface area (Å²) in [7, 11) is 1.34. The molecule has 0 bridgehead atoms. The summed E-state index contributed by atoms with van der Waals surface area (Å²) in [4.78, 5) is 24.5. The molecule has 8 heteroatoms. The lowest BCUT2D eigenvalue weighted by Gasteiger charge is -2.22. The van der Waals surface area contributed by atoms with Crippen molar-refractivity contribution in [1.82, 2.24) is 0 Å². The molecule has 1 aliphatic carbocycles. The summed E-state index contributed by atoms with van der Waals surface area (Å²) in [6.45, 7) is 2.76. The minimum atomic E-state index is -0.466. The Hall–Kier alpha value is -2.32. The number of nitrogens with one attached hydrogen (secondary N) is 1. The third-order valence-electron chi connectivity index (χ3n) is 5.60. The first-order chi connectivity index (χ1) is 15.1. The lowest BCUT2D eigenvalue weighted by molar-refractivity contribution is -0.145. The first-order valence-electron chi connectivity index (χ1n) is 10.7. The number of benzene rings is 1. The van der Waals surface area contributed by atoms with Crippen molar-refractivity contribution < 1.29 is 23.8 Å². The number of thiophene rings is 2. The summed E-state index contributed by atoms with van der Waals surface area (Å²) >= 11 is 2.92. The largest absolute Gasteiger partial charge is 0.479 e. The third kappa shape index (κ3) is 4.65. The number of ether oxygens (including phenoxy) is 3. The summed E-state index contributed by atoms with van der Waals surface area (Å²) in [6, 6.07) is 6.20. The van der Waals surface area contributed by atoms with Crippen molar-refractivity contribution in [2.45, 2.75) is 39.0 Å². The normalized spacial score (nSPS) is 14.6. The second-order valence-corrected chi connectivity index (χ2v) is 9.71. The summed E-state index contributed by atoms with van der Waals surface area (Å²) in [6.07, 6.45) is 6.57. The van der Waals surface area contributed by atoms with E-state index >= 15 is 0 Å². The Kier molecular flexibility index (Phi) is 6.97. The highest BCUT2D eigenvalue weighted by Crippen LogP contribution is 2.49. The number of hydrogen-bond acceptors (Lipinski definition) is 8. The number of anilines is 1. The number of rotatable bonds is 8. The molecule has 1 aromatic carbocycles. The van der Waals surface area contributed by atoms with Crippen LogP contribution in [0, 0.1) is 5.92 Å². The lowest BCUT2D eigenvalue weighted by atomic mass is 9.89. The first kappa shape index (κ1) is 21.9. The highest BCUT2D eigenvalue weighted by Gasteiger charge is 2.25. The average molecular weight is 462 g/mol. The molecular weight excluding hydrogens is 434 g/mol. The van der Waals surface area contributed by atoms with E-state index in [2.05, 4.69) is 17.4 Å². The van der Waals surface area contributed by atoms with Gasteiger partial charge in [-0.15, -0.1) is 22.7 Å². The molecule has 0 atom stereocenters. The maximum absolute atomic E-state index is 12.3. The van der Waals surface area contributed by atoms with Gasteiger partial charge in [-0.1, -0.05) is 31.4 Å². The molecule has 2 heterocycles. The summed E-state index contributed by atoms with van der Waals surface area (Å²) in [5, 5.41) is 4.73. The predicted octanol–water partition coefficient (Wildman–Crippen LogP) is 5.84. The number of fused-ring (bicyclic) bond motifs is 3. The second kappa shape index (κ2) is 9.87. The fourth-order valence-corrected chi connectivity index (χ4v) is 6.74. The molecule has 1 aliphatic rings. The van der Waals surface area contributed by atoms with Crippen LogP contribution in [0.1, 0.15) is 48.7 Å². The van der Waals surface area contributed by atoms with E-state index in [4.69, 9.17) is 14.2 Å². The smallest absolute Gasteiger partial charge is 0.351 e. The molecule has 0 aliphatic heterocycles. The Bertz CT molecular complexity index is 1080. The van der Waals surface area contributed by atoms with Crippen LogP contribution in [0.4, 0.5) is 5.69 Å². The minimum Gasteiger partial charge on any atom is -0.479 e. The highest BCUT2D eigenvalue weighted by molar-refractivity contribution is 7.34. The van der Waals surface area contributed by atoms with Gasteiger partial charge in [0.25, 0.3) is 0 Å². The molecule has 2 aromatic heterocycles. The van der Waals surface area contributed by atoms with Crippen molar-refractivity contribution in [2.24, 2.45) is 5.92 Å². The topological polar surface area (TPSA) is 73.9 Å². The molecule has 1 saturated carbocycles. The van der Waals surface area contributed by atoms with Crippen LogP contribution in [0.2, 0.25) is 0 Å². The van der Waals surface area contributed by atoms with Gasteiger partial charge >= 0.3 is 11.9 Å². The number of carbonyl (C=O) groups excluding carboxylic acids is 2. The maximum atomic E-state index is 12.3. The van der Waals surface area contributed by atoms with Gasteiger partial charge < -0.3 is 19.5 Å². The molecule has 0 unspecified atom stereocenters. The van der Waals surface area contributed by atoms with Gasteiger partial charge in [0, 0.05) is 11.9 Å². The van der Waals surface area contributed by atoms with E-state index in [0.29, 0.717) is 10.6 Å². The van der Waals surface area contributed by atoms with Gasteiger partial charge in [-0.3, -0.25) is 0 Å².